The second kappa shape index (κ2) is 7.59. The van der Waals surface area contributed by atoms with Gasteiger partial charge in [0.25, 0.3) is 0 Å². The molecule has 9 heteroatoms. The number of thiazole rings is 1. The van der Waals surface area contributed by atoms with E-state index in [0.29, 0.717) is 18.7 Å². The Kier molecular flexibility index (Phi) is 5.45. The fourth-order valence-electron chi connectivity index (χ4n) is 3.02. The van der Waals surface area contributed by atoms with Crippen molar-refractivity contribution < 1.29 is 19.4 Å². The molecule has 0 spiro atoms. The Bertz CT molecular complexity index is 787. The Balaban J connectivity index is 1.84. The molecular formula is C16H19N3O4S2. The number of amides is 1. The van der Waals surface area contributed by atoms with Gasteiger partial charge < -0.3 is 14.7 Å². The largest absolute Gasteiger partial charge is 0.445 e. The van der Waals surface area contributed by atoms with Crippen molar-refractivity contribution >= 4 is 39.1 Å². The first-order valence-electron chi connectivity index (χ1n) is 7.80. The lowest BCUT2D eigenvalue weighted by Gasteiger charge is -2.27. The topological polar surface area (TPSA) is 84.1 Å². The quantitative estimate of drug-likeness (QED) is 0.801. The minimum Gasteiger partial charge on any atom is -0.445 e. The first-order valence-corrected chi connectivity index (χ1v) is 9.56. The lowest BCUT2D eigenvalue weighted by Crippen LogP contribution is -2.40. The average molecular weight is 381 g/mol. The maximum Gasteiger partial charge on any atom is 0.410 e. The van der Waals surface area contributed by atoms with Crippen LogP contribution in [0.5, 0.6) is 0 Å². The van der Waals surface area contributed by atoms with E-state index in [9.17, 15) is 14.7 Å². The Morgan fingerprint density at radius 1 is 1.64 bits per heavy atom. The van der Waals surface area contributed by atoms with Crippen molar-refractivity contribution in [1.82, 2.24) is 14.3 Å². The molecule has 3 rings (SSSR count). The fraction of sp³-hybridized carbons (Fsp3) is 0.438. The van der Waals surface area contributed by atoms with Crippen LogP contribution < -0.4 is 0 Å². The first-order chi connectivity index (χ1) is 12.0. The van der Waals surface area contributed by atoms with Gasteiger partial charge in [0.05, 0.1) is 17.9 Å². The van der Waals surface area contributed by atoms with Gasteiger partial charge in [-0.05, 0) is 6.42 Å². The van der Waals surface area contributed by atoms with Gasteiger partial charge in [-0.1, -0.05) is 24.4 Å². The zero-order chi connectivity index (χ0) is 18.0. The molecule has 0 radical (unpaired) electrons. The molecule has 1 unspecified atom stereocenters. The van der Waals surface area contributed by atoms with E-state index in [1.54, 1.807) is 12.5 Å². The molecule has 1 N–H and O–H groups in total. The monoisotopic (exact) mass is 381 g/mol. The standard InChI is InChI=1S/C16H19N3O4S2/c1-3-4-23-16(22)18-7-11(25-10(2)20)5-12(18)15(21)13-8-24-14-6-17-9-19(13)14/h3,6,8-9,11-12,15,21H,1,4-5,7H2,2H3/t11-,12+,15?/m1/s1. The molecule has 3 heterocycles. The number of likely N-dealkylation sites (tertiary alicyclic amines) is 1. The Hall–Kier alpha value is -1.84. The van der Waals surface area contributed by atoms with Gasteiger partial charge >= 0.3 is 6.09 Å². The van der Waals surface area contributed by atoms with Crippen LogP contribution in [0, 0.1) is 0 Å². The number of carbonyl (C=O) groups is 2. The minimum absolute atomic E-state index is 0.00733. The molecule has 0 saturated carbocycles. The van der Waals surface area contributed by atoms with Crippen LogP contribution in [0.1, 0.15) is 25.1 Å². The number of aliphatic hydroxyl groups excluding tert-OH is 1. The third-order valence-electron chi connectivity index (χ3n) is 4.05. The van der Waals surface area contributed by atoms with Crippen molar-refractivity contribution in [3.63, 3.8) is 0 Å². The fourth-order valence-corrected chi connectivity index (χ4v) is 4.90. The van der Waals surface area contributed by atoms with Gasteiger partial charge in [0.2, 0.25) is 0 Å². The minimum atomic E-state index is -0.892. The van der Waals surface area contributed by atoms with Gasteiger partial charge in [0.15, 0.2) is 5.12 Å². The normalized spacial score (nSPS) is 21.4. The number of nitrogens with zero attached hydrogens (tertiary/aromatic N) is 3. The molecule has 3 atom stereocenters. The number of carbonyl (C=O) groups excluding carboxylic acids is 2. The molecule has 2 aromatic heterocycles. The molecule has 1 amide bonds. The summed E-state index contributed by atoms with van der Waals surface area (Å²) in [5.74, 6) is 0. The molecule has 1 aliphatic heterocycles. The van der Waals surface area contributed by atoms with Gasteiger partial charge in [0, 0.05) is 24.1 Å². The summed E-state index contributed by atoms with van der Waals surface area (Å²) in [7, 11) is 0. The molecule has 0 aromatic carbocycles. The van der Waals surface area contributed by atoms with Crippen LogP contribution in [0.15, 0.2) is 30.6 Å². The molecule has 7 nitrogen and oxygen atoms in total. The molecule has 1 saturated heterocycles. The maximum absolute atomic E-state index is 12.4. The molecule has 25 heavy (non-hydrogen) atoms. The van der Waals surface area contributed by atoms with Gasteiger partial charge in [-0.25, -0.2) is 9.78 Å². The third-order valence-corrected chi connectivity index (χ3v) is 5.96. The summed E-state index contributed by atoms with van der Waals surface area (Å²) < 4.78 is 6.96. The van der Waals surface area contributed by atoms with Crippen molar-refractivity contribution in [2.75, 3.05) is 13.2 Å². The number of aromatic nitrogens is 2. The number of rotatable bonds is 5. The van der Waals surface area contributed by atoms with Gasteiger partial charge in [-0.15, -0.1) is 11.3 Å². The van der Waals surface area contributed by atoms with E-state index in [2.05, 4.69) is 11.6 Å². The lowest BCUT2D eigenvalue weighted by molar-refractivity contribution is -0.109. The molecule has 0 bridgehead atoms. The summed E-state index contributed by atoms with van der Waals surface area (Å²) in [5.41, 5.74) is 0.678. The zero-order valence-electron chi connectivity index (χ0n) is 13.7. The van der Waals surface area contributed by atoms with E-state index >= 15 is 0 Å². The lowest BCUT2D eigenvalue weighted by atomic mass is 10.1. The molecule has 1 aliphatic rings. The predicted molar refractivity (Wildman–Crippen MR) is 96.7 cm³/mol. The van der Waals surface area contributed by atoms with Gasteiger partial charge in [0.1, 0.15) is 23.9 Å². The van der Waals surface area contributed by atoms with Gasteiger partial charge in [-0.2, -0.15) is 0 Å². The van der Waals surface area contributed by atoms with Crippen molar-refractivity contribution in [2.24, 2.45) is 0 Å². The Labute approximate surface area is 153 Å². The highest BCUT2D eigenvalue weighted by atomic mass is 32.2. The maximum atomic E-state index is 12.4. The number of imidazole rings is 1. The third kappa shape index (κ3) is 3.73. The van der Waals surface area contributed by atoms with Crippen molar-refractivity contribution in [1.29, 1.82) is 0 Å². The zero-order valence-corrected chi connectivity index (χ0v) is 15.3. The smallest absolute Gasteiger partial charge is 0.410 e. The average Bonchev–Trinajstić information content (AvgIpc) is 3.26. The van der Waals surface area contributed by atoms with Crippen LogP contribution in [-0.2, 0) is 9.53 Å². The molecule has 2 aromatic rings. The predicted octanol–water partition coefficient (Wildman–Crippen LogP) is 2.47. The number of hydrogen-bond donors (Lipinski definition) is 1. The summed E-state index contributed by atoms with van der Waals surface area (Å²) in [6.07, 6.45) is 3.97. The van der Waals surface area contributed by atoms with E-state index in [-0.39, 0.29) is 17.0 Å². The Morgan fingerprint density at radius 2 is 2.44 bits per heavy atom. The molecular weight excluding hydrogens is 362 g/mol. The van der Waals surface area contributed by atoms with E-state index < -0.39 is 18.2 Å². The molecule has 1 fully saturated rings. The van der Waals surface area contributed by atoms with E-state index in [4.69, 9.17) is 4.74 Å². The summed E-state index contributed by atoms with van der Waals surface area (Å²) in [6, 6.07) is -0.464. The number of fused-ring (bicyclic) bond motifs is 1. The van der Waals surface area contributed by atoms with E-state index in [0.717, 1.165) is 4.83 Å². The van der Waals surface area contributed by atoms with Crippen LogP contribution in [0.2, 0.25) is 0 Å². The molecule has 0 aliphatic carbocycles. The van der Waals surface area contributed by atoms with Crippen LogP contribution in [0.4, 0.5) is 4.79 Å². The Morgan fingerprint density at radius 3 is 3.16 bits per heavy atom. The van der Waals surface area contributed by atoms with Crippen molar-refractivity contribution in [3.8, 4) is 0 Å². The summed E-state index contributed by atoms with van der Waals surface area (Å²) in [4.78, 5) is 30.3. The highest BCUT2D eigenvalue weighted by Gasteiger charge is 2.42. The highest BCUT2D eigenvalue weighted by Crippen LogP contribution is 2.36. The summed E-state index contributed by atoms with van der Waals surface area (Å²) in [6.45, 7) is 5.50. The first kappa shape index (κ1) is 18.0. The number of hydrogen-bond acceptors (Lipinski definition) is 7. The van der Waals surface area contributed by atoms with Crippen molar-refractivity contribution in [2.45, 2.75) is 30.7 Å². The SMILES string of the molecule is C=CCOC(=O)N1C[C@H](SC(C)=O)C[C@H]1C(O)c1csc2cncn12. The van der Waals surface area contributed by atoms with Crippen LogP contribution in [0.3, 0.4) is 0 Å². The highest BCUT2D eigenvalue weighted by molar-refractivity contribution is 8.14. The molecule has 134 valence electrons. The summed E-state index contributed by atoms with van der Waals surface area (Å²) >= 11 is 2.67. The van der Waals surface area contributed by atoms with Gasteiger partial charge in [-0.3, -0.25) is 9.20 Å². The number of aliphatic hydroxyl groups is 1. The van der Waals surface area contributed by atoms with Crippen LogP contribution in [-0.4, -0.2) is 55.0 Å². The summed E-state index contributed by atoms with van der Waals surface area (Å²) in [5, 5.41) is 12.7. The number of thioether (sulfide) groups is 1. The van der Waals surface area contributed by atoms with Crippen LogP contribution in [0.25, 0.3) is 4.83 Å². The second-order valence-corrected chi connectivity index (χ2v) is 8.13. The van der Waals surface area contributed by atoms with Crippen molar-refractivity contribution in [3.05, 3.63) is 36.3 Å². The number of ether oxygens (including phenoxy) is 1. The second-order valence-electron chi connectivity index (χ2n) is 5.76. The van der Waals surface area contributed by atoms with E-state index in [1.165, 1.54) is 41.0 Å². The van der Waals surface area contributed by atoms with E-state index in [1.807, 2.05) is 9.78 Å². The van der Waals surface area contributed by atoms with Crippen LogP contribution >= 0.6 is 23.1 Å².